The van der Waals surface area contributed by atoms with Crippen molar-refractivity contribution in [3.63, 3.8) is 0 Å². The smallest absolute Gasteiger partial charge is 0.123 e. The first kappa shape index (κ1) is 12.1. The Hall–Kier alpha value is -1.39. The zero-order chi connectivity index (χ0) is 12.1. The fourth-order valence-electron chi connectivity index (χ4n) is 1.39. The predicted octanol–water partition coefficient (Wildman–Crippen LogP) is 3.14. The second-order valence-corrected chi connectivity index (χ2v) is 4.63. The Morgan fingerprint density at radius 2 is 1.65 bits per heavy atom. The first-order chi connectivity index (χ1) is 8.24. The van der Waals surface area contributed by atoms with E-state index in [1.165, 1.54) is 0 Å². The van der Waals surface area contributed by atoms with Gasteiger partial charge in [-0.3, -0.25) is 0 Å². The maximum atomic E-state index is 5.59. The molecule has 0 fully saturated rings. The zero-order valence-electron chi connectivity index (χ0n) is 9.27. The van der Waals surface area contributed by atoms with Crippen LogP contribution in [0.25, 0.3) is 0 Å². The van der Waals surface area contributed by atoms with E-state index in [1.807, 2.05) is 30.3 Å². The number of benzene rings is 1. The van der Waals surface area contributed by atoms with Crippen LogP contribution in [0.4, 0.5) is 5.82 Å². The SMILES string of the molecule is Nc1ccc(COCc2ccc(Br)cc2)cn1. The molecule has 1 aromatic heterocycles. The van der Waals surface area contributed by atoms with Gasteiger partial charge in [0, 0.05) is 10.7 Å². The summed E-state index contributed by atoms with van der Waals surface area (Å²) in [6.07, 6.45) is 1.73. The van der Waals surface area contributed by atoms with Gasteiger partial charge in [0.1, 0.15) is 5.82 Å². The van der Waals surface area contributed by atoms with Crippen LogP contribution in [0.5, 0.6) is 0 Å². The molecular weight excluding hydrogens is 280 g/mol. The molecule has 0 spiro atoms. The minimum absolute atomic E-state index is 0.529. The summed E-state index contributed by atoms with van der Waals surface area (Å²) in [5.41, 5.74) is 7.68. The Labute approximate surface area is 109 Å². The minimum atomic E-state index is 0.529. The highest BCUT2D eigenvalue weighted by atomic mass is 79.9. The number of halogens is 1. The number of hydrogen-bond acceptors (Lipinski definition) is 3. The van der Waals surface area contributed by atoms with Crippen molar-refractivity contribution in [3.05, 3.63) is 58.2 Å². The third-order valence-electron chi connectivity index (χ3n) is 2.30. The van der Waals surface area contributed by atoms with E-state index >= 15 is 0 Å². The van der Waals surface area contributed by atoms with E-state index in [4.69, 9.17) is 10.5 Å². The van der Waals surface area contributed by atoms with E-state index < -0.39 is 0 Å². The lowest BCUT2D eigenvalue weighted by Crippen LogP contribution is -1.96. The van der Waals surface area contributed by atoms with Crippen LogP contribution in [-0.4, -0.2) is 4.98 Å². The number of anilines is 1. The van der Waals surface area contributed by atoms with Crippen LogP contribution >= 0.6 is 15.9 Å². The van der Waals surface area contributed by atoms with Crippen molar-refractivity contribution in [1.82, 2.24) is 4.98 Å². The molecule has 0 aliphatic rings. The number of nitrogens with two attached hydrogens (primary N) is 1. The Kier molecular flexibility index (Phi) is 4.12. The molecule has 0 radical (unpaired) electrons. The van der Waals surface area contributed by atoms with Crippen LogP contribution in [0.3, 0.4) is 0 Å². The Bertz CT molecular complexity index is 422. The molecule has 0 amide bonds. The summed E-state index contributed by atoms with van der Waals surface area (Å²) in [6.45, 7) is 1.14. The molecular formula is C13H13BrN2O. The third-order valence-corrected chi connectivity index (χ3v) is 2.83. The van der Waals surface area contributed by atoms with Crippen molar-refractivity contribution in [2.75, 3.05) is 5.73 Å². The van der Waals surface area contributed by atoms with Crippen LogP contribution in [0.15, 0.2) is 47.1 Å². The molecule has 0 aliphatic heterocycles. The summed E-state index contributed by atoms with van der Waals surface area (Å²) >= 11 is 3.40. The first-order valence-electron chi connectivity index (χ1n) is 5.26. The second kappa shape index (κ2) is 5.80. The van der Waals surface area contributed by atoms with Gasteiger partial charge in [-0.15, -0.1) is 0 Å². The van der Waals surface area contributed by atoms with Crippen molar-refractivity contribution in [1.29, 1.82) is 0 Å². The highest BCUT2D eigenvalue weighted by molar-refractivity contribution is 9.10. The number of ether oxygens (including phenoxy) is 1. The van der Waals surface area contributed by atoms with Gasteiger partial charge in [0.15, 0.2) is 0 Å². The number of hydrogen-bond donors (Lipinski definition) is 1. The van der Waals surface area contributed by atoms with Gasteiger partial charge in [-0.2, -0.15) is 0 Å². The van der Waals surface area contributed by atoms with Crippen molar-refractivity contribution in [2.24, 2.45) is 0 Å². The summed E-state index contributed by atoms with van der Waals surface area (Å²) in [6, 6.07) is 11.8. The largest absolute Gasteiger partial charge is 0.384 e. The average Bonchev–Trinajstić information content (AvgIpc) is 2.34. The standard InChI is InChI=1S/C13H13BrN2O/c14-12-4-1-10(2-5-12)8-17-9-11-3-6-13(15)16-7-11/h1-7H,8-9H2,(H2,15,16). The zero-order valence-corrected chi connectivity index (χ0v) is 10.9. The van der Waals surface area contributed by atoms with Crippen molar-refractivity contribution >= 4 is 21.7 Å². The van der Waals surface area contributed by atoms with Crippen LogP contribution < -0.4 is 5.73 Å². The molecule has 2 rings (SSSR count). The first-order valence-corrected chi connectivity index (χ1v) is 6.06. The van der Waals surface area contributed by atoms with Gasteiger partial charge in [-0.25, -0.2) is 4.98 Å². The lowest BCUT2D eigenvalue weighted by molar-refractivity contribution is 0.107. The van der Waals surface area contributed by atoms with Crippen molar-refractivity contribution in [2.45, 2.75) is 13.2 Å². The summed E-state index contributed by atoms with van der Waals surface area (Å²) in [5.74, 6) is 0.529. The maximum Gasteiger partial charge on any atom is 0.123 e. The average molecular weight is 293 g/mol. The second-order valence-electron chi connectivity index (χ2n) is 3.71. The van der Waals surface area contributed by atoms with Gasteiger partial charge in [0.25, 0.3) is 0 Å². The van der Waals surface area contributed by atoms with Gasteiger partial charge in [-0.05, 0) is 29.3 Å². The molecule has 0 saturated carbocycles. The molecule has 1 aromatic carbocycles. The molecule has 3 nitrogen and oxygen atoms in total. The van der Waals surface area contributed by atoms with E-state index in [2.05, 4.69) is 20.9 Å². The number of aromatic nitrogens is 1. The summed E-state index contributed by atoms with van der Waals surface area (Å²) in [5, 5.41) is 0. The van der Waals surface area contributed by atoms with Gasteiger partial charge in [0.05, 0.1) is 13.2 Å². The highest BCUT2D eigenvalue weighted by Crippen LogP contribution is 2.12. The quantitative estimate of drug-likeness (QED) is 0.942. The topological polar surface area (TPSA) is 48.1 Å². The van der Waals surface area contributed by atoms with E-state index in [1.54, 1.807) is 12.3 Å². The highest BCUT2D eigenvalue weighted by Gasteiger charge is 1.96. The van der Waals surface area contributed by atoms with Gasteiger partial charge in [0.2, 0.25) is 0 Å². The van der Waals surface area contributed by atoms with E-state index in [0.717, 1.165) is 15.6 Å². The monoisotopic (exact) mass is 292 g/mol. The fraction of sp³-hybridized carbons (Fsp3) is 0.154. The molecule has 0 bridgehead atoms. The van der Waals surface area contributed by atoms with Gasteiger partial charge in [-0.1, -0.05) is 34.1 Å². The normalized spacial score (nSPS) is 10.4. The number of rotatable bonds is 4. The van der Waals surface area contributed by atoms with Crippen molar-refractivity contribution in [3.8, 4) is 0 Å². The molecule has 2 N–H and O–H groups in total. The lowest BCUT2D eigenvalue weighted by Gasteiger charge is -2.04. The Balaban J connectivity index is 1.83. The lowest BCUT2D eigenvalue weighted by atomic mass is 10.2. The molecule has 0 atom stereocenters. The van der Waals surface area contributed by atoms with Crippen molar-refractivity contribution < 1.29 is 4.74 Å². The van der Waals surface area contributed by atoms with Crippen LogP contribution in [0.2, 0.25) is 0 Å². The molecule has 2 aromatic rings. The summed E-state index contributed by atoms with van der Waals surface area (Å²) in [7, 11) is 0. The summed E-state index contributed by atoms with van der Waals surface area (Å²) < 4.78 is 6.66. The van der Waals surface area contributed by atoms with Gasteiger partial charge >= 0.3 is 0 Å². The molecule has 17 heavy (non-hydrogen) atoms. The molecule has 0 saturated heterocycles. The third kappa shape index (κ3) is 3.84. The molecule has 88 valence electrons. The molecule has 1 heterocycles. The Morgan fingerprint density at radius 3 is 2.29 bits per heavy atom. The van der Waals surface area contributed by atoms with Crippen LogP contribution in [0, 0.1) is 0 Å². The number of nitrogen functional groups attached to an aromatic ring is 1. The van der Waals surface area contributed by atoms with E-state index in [-0.39, 0.29) is 0 Å². The van der Waals surface area contributed by atoms with Crippen LogP contribution in [0.1, 0.15) is 11.1 Å². The fourth-order valence-corrected chi connectivity index (χ4v) is 1.65. The minimum Gasteiger partial charge on any atom is -0.384 e. The number of nitrogens with zero attached hydrogens (tertiary/aromatic N) is 1. The molecule has 0 aliphatic carbocycles. The van der Waals surface area contributed by atoms with Crippen LogP contribution in [-0.2, 0) is 18.0 Å². The van der Waals surface area contributed by atoms with E-state index in [9.17, 15) is 0 Å². The molecule has 0 unspecified atom stereocenters. The molecule has 4 heteroatoms. The van der Waals surface area contributed by atoms with Gasteiger partial charge < -0.3 is 10.5 Å². The van der Waals surface area contributed by atoms with E-state index in [0.29, 0.717) is 19.0 Å². The Morgan fingerprint density at radius 1 is 1.00 bits per heavy atom. The number of pyridine rings is 1. The maximum absolute atomic E-state index is 5.59. The summed E-state index contributed by atoms with van der Waals surface area (Å²) in [4.78, 5) is 4.01. The predicted molar refractivity (Wildman–Crippen MR) is 71.3 cm³/mol.